The minimum Gasteiger partial charge on any atom is -0.0842 e. The lowest BCUT2D eigenvalue weighted by Gasteiger charge is -2.18. The molecule has 0 fully saturated rings. The Labute approximate surface area is 125 Å². The molecule has 2 aromatic rings. The molecule has 2 rings (SSSR count). The van der Waals surface area contributed by atoms with Gasteiger partial charge >= 0.3 is 21.2 Å². The monoisotopic (exact) mass is 371 g/mol. The summed E-state index contributed by atoms with van der Waals surface area (Å²) in [6.07, 6.45) is 0. The fourth-order valence-corrected chi connectivity index (χ4v) is 4.35. The van der Waals surface area contributed by atoms with E-state index in [1.54, 1.807) is 0 Å². The molecule has 0 amide bonds. The van der Waals surface area contributed by atoms with Crippen molar-refractivity contribution in [2.24, 2.45) is 0 Å². The average Bonchev–Trinajstić information content (AvgIpc) is 2.28. The molecule has 0 atom stereocenters. The quantitative estimate of drug-likeness (QED) is 0.706. The summed E-state index contributed by atoms with van der Waals surface area (Å²) in [4.78, 5) is 0. The number of halogens is 2. The van der Waals surface area contributed by atoms with Crippen molar-refractivity contribution in [3.05, 3.63) is 66.3 Å². The molecule has 2 aromatic carbocycles. The van der Waals surface area contributed by atoms with E-state index in [0.29, 0.717) is 0 Å². The van der Waals surface area contributed by atoms with Gasteiger partial charge in [0, 0.05) is 11.1 Å². The van der Waals surface area contributed by atoms with Crippen LogP contribution in [0.3, 0.4) is 0 Å². The van der Waals surface area contributed by atoms with Crippen molar-refractivity contribution in [1.29, 1.82) is 0 Å². The lowest BCUT2D eigenvalue weighted by Crippen LogP contribution is -3.61. The molecule has 2 heteroatoms. The third-order valence-electron chi connectivity index (χ3n) is 2.72. The van der Waals surface area contributed by atoms with Crippen LogP contribution in [0, 0.1) is 7.14 Å². The average molecular weight is 372 g/mol. The smallest absolute Gasteiger partial charge is 0.0842 e. The van der Waals surface area contributed by atoms with Crippen LogP contribution in [-0.2, 0) is 5.41 Å². The van der Waals surface area contributed by atoms with Gasteiger partial charge in [-0.05, 0) is 35.2 Å². The van der Waals surface area contributed by atoms with E-state index in [-0.39, 0.29) is 26.6 Å². The molecule has 0 aliphatic heterocycles. The highest BCUT2D eigenvalue weighted by Crippen LogP contribution is 2.20. The van der Waals surface area contributed by atoms with E-state index < -0.39 is 0 Å². The highest BCUT2D eigenvalue weighted by molar-refractivity contribution is 6.30. The first-order chi connectivity index (χ1) is 8.45. The van der Waals surface area contributed by atoms with E-state index in [0.717, 1.165) is 5.02 Å². The van der Waals surface area contributed by atoms with Gasteiger partial charge in [0.1, 0.15) is 0 Å². The molecule has 0 heterocycles. The number of rotatable bonds is 2. The molecule has 0 bridgehead atoms. The minimum atomic E-state index is -0.122. The van der Waals surface area contributed by atoms with Crippen molar-refractivity contribution in [3.63, 3.8) is 0 Å². The molecular weight excluding hydrogens is 355 g/mol. The van der Waals surface area contributed by atoms with Crippen molar-refractivity contribution >= 4 is 11.6 Å². The van der Waals surface area contributed by atoms with Crippen LogP contribution in [0.15, 0.2) is 48.5 Å². The van der Waals surface area contributed by atoms with Crippen LogP contribution < -0.4 is 21.2 Å². The summed E-state index contributed by atoms with van der Waals surface area (Å²) in [6, 6.07) is 17.2. The van der Waals surface area contributed by atoms with Crippen LogP contribution in [0.1, 0.15) is 26.3 Å². The maximum absolute atomic E-state index is 6.01. The van der Waals surface area contributed by atoms with Gasteiger partial charge in [0.25, 0.3) is 0 Å². The Morgan fingerprint density at radius 2 is 1.56 bits per heavy atom. The summed E-state index contributed by atoms with van der Waals surface area (Å²) in [7, 11) is 0. The normalized spacial score (nSPS) is 11.6. The van der Waals surface area contributed by atoms with Crippen LogP contribution in [0.25, 0.3) is 0 Å². The molecular formula is C16H17ClI+. The molecule has 0 aliphatic rings. The Hall–Kier alpha value is -0.540. The molecule has 0 aliphatic carbocycles. The molecule has 0 nitrogen and oxygen atoms in total. The maximum atomic E-state index is 6.01. The van der Waals surface area contributed by atoms with Crippen molar-refractivity contribution in [2.75, 3.05) is 0 Å². The zero-order chi connectivity index (χ0) is 13.2. The molecule has 18 heavy (non-hydrogen) atoms. The molecule has 0 aromatic heterocycles. The first-order valence-corrected chi connectivity index (χ1v) is 8.50. The van der Waals surface area contributed by atoms with E-state index in [4.69, 9.17) is 11.6 Å². The number of hydrogen-bond acceptors (Lipinski definition) is 0. The SMILES string of the molecule is CC(C)(C)c1ccc([I+]c2cccc(Cl)c2)cc1. The summed E-state index contributed by atoms with van der Waals surface area (Å²) < 4.78 is 2.80. The predicted molar refractivity (Wildman–Crippen MR) is 74.0 cm³/mol. The maximum Gasteiger partial charge on any atom is 0.357 e. The van der Waals surface area contributed by atoms with Crippen LogP contribution >= 0.6 is 11.6 Å². The third-order valence-corrected chi connectivity index (χ3v) is 5.59. The van der Waals surface area contributed by atoms with E-state index >= 15 is 0 Å². The minimum absolute atomic E-state index is 0.122. The third kappa shape index (κ3) is 3.72. The van der Waals surface area contributed by atoms with E-state index in [1.165, 1.54) is 12.7 Å². The molecule has 0 N–H and O–H groups in total. The molecule has 0 unspecified atom stereocenters. The Morgan fingerprint density at radius 3 is 2.11 bits per heavy atom. The summed E-state index contributed by atoms with van der Waals surface area (Å²) in [5.74, 6) is 0. The van der Waals surface area contributed by atoms with Gasteiger partial charge in [-0.2, -0.15) is 0 Å². The van der Waals surface area contributed by atoms with Crippen LogP contribution in [0.5, 0.6) is 0 Å². The van der Waals surface area contributed by atoms with E-state index in [9.17, 15) is 0 Å². The summed E-state index contributed by atoms with van der Waals surface area (Å²) in [6.45, 7) is 6.73. The Balaban J connectivity index is 2.16. The zero-order valence-electron chi connectivity index (χ0n) is 10.9. The molecule has 0 saturated carbocycles. The van der Waals surface area contributed by atoms with Crippen molar-refractivity contribution in [1.82, 2.24) is 0 Å². The van der Waals surface area contributed by atoms with Gasteiger partial charge in [0.2, 0.25) is 0 Å². The summed E-state index contributed by atoms with van der Waals surface area (Å²) in [5.41, 5.74) is 1.62. The van der Waals surface area contributed by atoms with E-state index in [2.05, 4.69) is 57.2 Å². The van der Waals surface area contributed by atoms with Crippen molar-refractivity contribution < 1.29 is 21.2 Å². The second-order valence-electron chi connectivity index (χ2n) is 5.29. The van der Waals surface area contributed by atoms with Gasteiger partial charge in [-0.3, -0.25) is 0 Å². The molecule has 94 valence electrons. The van der Waals surface area contributed by atoms with Crippen molar-refractivity contribution in [3.8, 4) is 0 Å². The zero-order valence-corrected chi connectivity index (χ0v) is 13.8. The predicted octanol–water partition coefficient (Wildman–Crippen LogP) is 1.77. The lowest BCUT2D eigenvalue weighted by molar-refractivity contribution is -0.597. The van der Waals surface area contributed by atoms with Crippen LogP contribution in [0.2, 0.25) is 5.02 Å². The second-order valence-corrected chi connectivity index (χ2v) is 8.76. The number of hydrogen-bond donors (Lipinski definition) is 0. The summed E-state index contributed by atoms with van der Waals surface area (Å²) >= 11 is 5.89. The second kappa shape index (κ2) is 5.62. The van der Waals surface area contributed by atoms with Gasteiger partial charge < -0.3 is 0 Å². The van der Waals surface area contributed by atoms with Gasteiger partial charge in [0.15, 0.2) is 7.14 Å². The molecule has 0 spiro atoms. The Morgan fingerprint density at radius 1 is 0.889 bits per heavy atom. The standard InChI is InChI=1S/C16H17ClI/c1-16(2,3)12-7-9-14(10-8-12)18-15-6-4-5-13(17)11-15/h4-11H,1-3H3/q+1. The highest BCUT2D eigenvalue weighted by atomic mass is 127. The van der Waals surface area contributed by atoms with Gasteiger partial charge in [-0.25, -0.2) is 0 Å². The van der Waals surface area contributed by atoms with Gasteiger partial charge in [-0.1, -0.05) is 50.6 Å². The fourth-order valence-electron chi connectivity index (χ4n) is 1.66. The van der Waals surface area contributed by atoms with Crippen LogP contribution in [0.4, 0.5) is 0 Å². The highest BCUT2D eigenvalue weighted by Gasteiger charge is 2.18. The largest absolute Gasteiger partial charge is 0.357 e. The Bertz CT molecular complexity index is 524. The first kappa shape index (κ1) is 13.9. The molecule has 0 radical (unpaired) electrons. The van der Waals surface area contributed by atoms with E-state index in [1.807, 2.05) is 12.1 Å². The molecule has 0 saturated heterocycles. The first-order valence-electron chi connectivity index (χ1n) is 5.96. The topological polar surface area (TPSA) is 0 Å². The van der Waals surface area contributed by atoms with Crippen LogP contribution in [-0.4, -0.2) is 0 Å². The van der Waals surface area contributed by atoms with Crippen molar-refractivity contribution in [2.45, 2.75) is 26.2 Å². The summed E-state index contributed by atoms with van der Waals surface area (Å²) in [5, 5.41) is 0.832. The van der Waals surface area contributed by atoms with Gasteiger partial charge in [0.05, 0.1) is 0 Å². The Kier molecular flexibility index (Phi) is 4.33. The lowest BCUT2D eigenvalue weighted by atomic mass is 9.87. The van der Waals surface area contributed by atoms with Gasteiger partial charge in [-0.15, -0.1) is 0 Å². The fraction of sp³-hybridized carbons (Fsp3) is 0.250. The number of benzene rings is 2.